The van der Waals surface area contributed by atoms with Crippen LogP contribution < -0.4 is 10.9 Å². The fourth-order valence-corrected chi connectivity index (χ4v) is 2.75. The summed E-state index contributed by atoms with van der Waals surface area (Å²) in [6.07, 6.45) is 0. The largest absolute Gasteiger partial charge is 0.355 e. The first-order valence-electron chi connectivity index (χ1n) is 7.73. The number of aryl methyl sites for hydroxylation is 1. The first-order valence-corrected chi connectivity index (χ1v) is 7.73. The average Bonchev–Trinajstić information content (AvgIpc) is 2.56. The number of nitrogens with zero attached hydrogens (tertiary/aromatic N) is 1. The van der Waals surface area contributed by atoms with Gasteiger partial charge in [0.25, 0.3) is 5.56 Å². The second-order valence-corrected chi connectivity index (χ2v) is 5.60. The van der Waals surface area contributed by atoms with Gasteiger partial charge in [-0.05, 0) is 44.2 Å². The summed E-state index contributed by atoms with van der Waals surface area (Å²) in [6, 6.07) is 20.6. The molecule has 0 radical (unpaired) electrons. The minimum Gasteiger partial charge on any atom is -0.355 e. The van der Waals surface area contributed by atoms with E-state index in [2.05, 4.69) is 5.32 Å². The van der Waals surface area contributed by atoms with Gasteiger partial charge >= 0.3 is 0 Å². The third-order valence-corrected chi connectivity index (χ3v) is 3.81. The zero-order chi connectivity index (χ0) is 17.1. The van der Waals surface area contributed by atoms with Gasteiger partial charge in [0.1, 0.15) is 5.56 Å². The summed E-state index contributed by atoms with van der Waals surface area (Å²) in [5.41, 5.74) is 2.71. The summed E-state index contributed by atoms with van der Waals surface area (Å²) in [7, 11) is 0. The summed E-state index contributed by atoms with van der Waals surface area (Å²) >= 11 is 0. The van der Waals surface area contributed by atoms with E-state index in [9.17, 15) is 9.59 Å². The number of hydrogen-bond acceptors (Lipinski definition) is 3. The number of hydrogen-bond donors (Lipinski definition) is 1. The Morgan fingerprint density at radius 1 is 0.958 bits per heavy atom. The SMILES string of the molecule is CC(=O)c1c(Nc2ccccc2)cc(C)n(-c2ccccc2)c1=O. The molecule has 3 rings (SSSR count). The molecule has 0 aliphatic carbocycles. The van der Waals surface area contributed by atoms with Crippen molar-refractivity contribution < 1.29 is 4.79 Å². The lowest BCUT2D eigenvalue weighted by atomic mass is 10.1. The van der Waals surface area contributed by atoms with Crippen LogP contribution in [0.2, 0.25) is 0 Å². The van der Waals surface area contributed by atoms with Crippen molar-refractivity contribution in [1.82, 2.24) is 4.57 Å². The number of Topliss-reactive ketones (excluding diaryl/α,β-unsaturated/α-hetero) is 1. The standard InChI is InChI=1S/C20H18N2O2/c1-14-13-18(21-16-9-5-3-6-10-16)19(15(2)23)20(24)22(14)17-11-7-4-8-12-17/h3-13,21H,1-2H3. The number of carbonyl (C=O) groups is 1. The van der Waals surface area contributed by atoms with Gasteiger partial charge in [0.15, 0.2) is 5.78 Å². The molecule has 24 heavy (non-hydrogen) atoms. The number of pyridine rings is 1. The van der Waals surface area contributed by atoms with E-state index in [1.165, 1.54) is 6.92 Å². The Morgan fingerprint density at radius 3 is 2.12 bits per heavy atom. The third-order valence-electron chi connectivity index (χ3n) is 3.81. The summed E-state index contributed by atoms with van der Waals surface area (Å²) in [4.78, 5) is 25.1. The number of nitrogens with one attached hydrogen (secondary N) is 1. The molecule has 0 unspecified atom stereocenters. The number of rotatable bonds is 4. The number of carbonyl (C=O) groups excluding carboxylic acids is 1. The summed E-state index contributed by atoms with van der Waals surface area (Å²) in [5, 5.41) is 3.18. The van der Waals surface area contributed by atoms with E-state index in [4.69, 9.17) is 0 Å². The van der Waals surface area contributed by atoms with E-state index in [1.54, 1.807) is 4.57 Å². The van der Waals surface area contributed by atoms with Crippen LogP contribution in [0.25, 0.3) is 5.69 Å². The van der Waals surface area contributed by atoms with Crippen molar-refractivity contribution in [2.45, 2.75) is 13.8 Å². The van der Waals surface area contributed by atoms with E-state index in [-0.39, 0.29) is 16.9 Å². The van der Waals surface area contributed by atoms with Gasteiger partial charge in [0.05, 0.1) is 5.69 Å². The number of para-hydroxylation sites is 2. The van der Waals surface area contributed by atoms with Crippen molar-refractivity contribution in [3.05, 3.63) is 88.3 Å². The van der Waals surface area contributed by atoms with E-state index < -0.39 is 0 Å². The van der Waals surface area contributed by atoms with Crippen LogP contribution in [0.15, 0.2) is 71.5 Å². The fraction of sp³-hybridized carbons (Fsp3) is 0.100. The monoisotopic (exact) mass is 318 g/mol. The molecule has 120 valence electrons. The summed E-state index contributed by atoms with van der Waals surface area (Å²) in [5.74, 6) is -0.261. The second kappa shape index (κ2) is 6.54. The predicted octanol–water partition coefficient (Wildman–Crippen LogP) is 4.09. The molecule has 0 atom stereocenters. The molecule has 1 aromatic heterocycles. The second-order valence-electron chi connectivity index (χ2n) is 5.60. The van der Waals surface area contributed by atoms with Crippen molar-refractivity contribution in [2.75, 3.05) is 5.32 Å². The minimum atomic E-state index is -0.313. The van der Waals surface area contributed by atoms with Crippen LogP contribution in [-0.2, 0) is 0 Å². The molecule has 1 N–H and O–H groups in total. The number of benzene rings is 2. The molecule has 0 aliphatic heterocycles. The minimum absolute atomic E-state index is 0.160. The zero-order valence-corrected chi connectivity index (χ0v) is 13.6. The topological polar surface area (TPSA) is 51.1 Å². The van der Waals surface area contributed by atoms with Gasteiger partial charge < -0.3 is 5.32 Å². The predicted molar refractivity (Wildman–Crippen MR) is 96.5 cm³/mol. The maximum atomic E-state index is 12.9. The molecule has 4 heteroatoms. The lowest BCUT2D eigenvalue weighted by Crippen LogP contribution is -2.27. The highest BCUT2D eigenvalue weighted by molar-refractivity contribution is 6.00. The fourth-order valence-electron chi connectivity index (χ4n) is 2.75. The molecular weight excluding hydrogens is 300 g/mol. The molecule has 1 heterocycles. The maximum Gasteiger partial charge on any atom is 0.268 e. The van der Waals surface area contributed by atoms with Gasteiger partial charge in [-0.2, -0.15) is 0 Å². The Labute approximate surface area is 140 Å². The lowest BCUT2D eigenvalue weighted by Gasteiger charge is -2.16. The highest BCUT2D eigenvalue weighted by Crippen LogP contribution is 2.22. The molecule has 0 saturated carbocycles. The van der Waals surface area contributed by atoms with E-state index in [0.29, 0.717) is 5.69 Å². The highest BCUT2D eigenvalue weighted by atomic mass is 16.1. The molecule has 0 bridgehead atoms. The van der Waals surface area contributed by atoms with Crippen molar-refractivity contribution in [3.63, 3.8) is 0 Å². The van der Waals surface area contributed by atoms with Crippen LogP contribution in [0.4, 0.5) is 11.4 Å². The quantitative estimate of drug-likeness (QED) is 0.737. The molecule has 0 fully saturated rings. The van der Waals surface area contributed by atoms with Crippen molar-refractivity contribution >= 4 is 17.2 Å². The Kier molecular flexibility index (Phi) is 4.29. The Morgan fingerprint density at radius 2 is 1.54 bits per heavy atom. The molecular formula is C20H18N2O2. The van der Waals surface area contributed by atoms with Gasteiger partial charge in [-0.1, -0.05) is 36.4 Å². The van der Waals surface area contributed by atoms with Crippen LogP contribution in [0.1, 0.15) is 23.0 Å². The van der Waals surface area contributed by atoms with Crippen LogP contribution >= 0.6 is 0 Å². The normalized spacial score (nSPS) is 10.4. The van der Waals surface area contributed by atoms with Crippen molar-refractivity contribution in [3.8, 4) is 5.69 Å². The Hall–Kier alpha value is -3.14. The van der Waals surface area contributed by atoms with E-state index >= 15 is 0 Å². The third kappa shape index (κ3) is 2.99. The van der Waals surface area contributed by atoms with Gasteiger partial charge in [0, 0.05) is 17.1 Å². The lowest BCUT2D eigenvalue weighted by molar-refractivity contribution is 0.101. The van der Waals surface area contributed by atoms with Gasteiger partial charge in [-0.25, -0.2) is 0 Å². The molecule has 3 aromatic rings. The zero-order valence-electron chi connectivity index (χ0n) is 13.6. The number of anilines is 2. The Balaban J connectivity index is 2.19. The average molecular weight is 318 g/mol. The Bertz CT molecular complexity index is 929. The van der Waals surface area contributed by atoms with Gasteiger partial charge in [-0.3, -0.25) is 14.2 Å². The molecule has 0 aliphatic rings. The van der Waals surface area contributed by atoms with Crippen LogP contribution in [0.3, 0.4) is 0 Å². The van der Waals surface area contributed by atoms with E-state index in [1.807, 2.05) is 73.7 Å². The van der Waals surface area contributed by atoms with Crippen LogP contribution in [0.5, 0.6) is 0 Å². The molecule has 0 spiro atoms. The molecule has 0 saturated heterocycles. The smallest absolute Gasteiger partial charge is 0.268 e. The summed E-state index contributed by atoms with van der Waals surface area (Å²) in [6.45, 7) is 3.27. The van der Waals surface area contributed by atoms with Gasteiger partial charge in [-0.15, -0.1) is 0 Å². The van der Waals surface area contributed by atoms with Crippen LogP contribution in [0, 0.1) is 6.92 Å². The summed E-state index contributed by atoms with van der Waals surface area (Å²) < 4.78 is 1.56. The van der Waals surface area contributed by atoms with Crippen molar-refractivity contribution in [2.24, 2.45) is 0 Å². The maximum absolute atomic E-state index is 12.9. The number of aromatic nitrogens is 1. The number of ketones is 1. The van der Waals surface area contributed by atoms with E-state index in [0.717, 1.165) is 17.1 Å². The molecule has 2 aromatic carbocycles. The highest BCUT2D eigenvalue weighted by Gasteiger charge is 2.17. The first-order chi connectivity index (χ1) is 11.6. The van der Waals surface area contributed by atoms with Crippen molar-refractivity contribution in [1.29, 1.82) is 0 Å². The van der Waals surface area contributed by atoms with Crippen LogP contribution in [-0.4, -0.2) is 10.4 Å². The van der Waals surface area contributed by atoms with Gasteiger partial charge in [0.2, 0.25) is 0 Å². The molecule has 4 nitrogen and oxygen atoms in total. The first kappa shape index (κ1) is 15.7. The molecule has 0 amide bonds.